The summed E-state index contributed by atoms with van der Waals surface area (Å²) in [6.45, 7) is 2.68. The van der Waals surface area contributed by atoms with E-state index in [0.717, 1.165) is 30.4 Å². The van der Waals surface area contributed by atoms with E-state index < -0.39 is 11.9 Å². The maximum Gasteiger partial charge on any atom is 0.313 e. The Morgan fingerprint density at radius 3 is 2.59 bits per heavy atom. The molecule has 0 amide bonds. The number of hydrogen-bond donors (Lipinski definition) is 1. The highest BCUT2D eigenvalue weighted by atomic mass is 16.5. The molecular weight excluding hydrogens is 216 g/mol. The van der Waals surface area contributed by atoms with Gasteiger partial charge < -0.3 is 9.84 Å². The molecule has 0 bridgehead atoms. The van der Waals surface area contributed by atoms with Crippen LogP contribution < -0.4 is 0 Å². The predicted molar refractivity (Wildman–Crippen MR) is 65.1 cm³/mol. The number of carboxylic acid groups (broad SMARTS) is 1. The topological polar surface area (TPSA) is 46.5 Å². The van der Waals surface area contributed by atoms with Crippen LogP contribution in [0.15, 0.2) is 24.3 Å². The molecule has 1 heterocycles. The SMILES string of the molecule is Cc1ccc(C(C(=O)O)C2CCCCO2)cc1. The normalized spacial score (nSPS) is 22.1. The fourth-order valence-electron chi connectivity index (χ4n) is 2.32. The number of carboxylic acids is 1. The summed E-state index contributed by atoms with van der Waals surface area (Å²) in [5.41, 5.74) is 1.98. The van der Waals surface area contributed by atoms with Crippen LogP contribution in [0, 0.1) is 6.92 Å². The Morgan fingerprint density at radius 2 is 2.06 bits per heavy atom. The quantitative estimate of drug-likeness (QED) is 0.874. The van der Waals surface area contributed by atoms with E-state index >= 15 is 0 Å². The first-order valence-electron chi connectivity index (χ1n) is 6.09. The summed E-state index contributed by atoms with van der Waals surface area (Å²) < 4.78 is 5.61. The standard InChI is InChI=1S/C14H18O3/c1-10-5-7-11(8-6-10)13(14(15)16)12-4-2-3-9-17-12/h5-8,12-13H,2-4,9H2,1H3,(H,15,16). The van der Waals surface area contributed by atoms with E-state index in [1.807, 2.05) is 31.2 Å². The van der Waals surface area contributed by atoms with Crippen molar-refractivity contribution in [2.24, 2.45) is 0 Å². The molecule has 1 N–H and O–H groups in total. The second kappa shape index (κ2) is 5.32. The molecule has 1 aliphatic rings. The average Bonchev–Trinajstić information content (AvgIpc) is 2.33. The lowest BCUT2D eigenvalue weighted by Gasteiger charge is -2.28. The van der Waals surface area contributed by atoms with E-state index in [2.05, 4.69) is 0 Å². The lowest BCUT2D eigenvalue weighted by molar-refractivity contribution is -0.144. The second-order valence-corrected chi connectivity index (χ2v) is 4.63. The molecular formula is C14H18O3. The first-order valence-corrected chi connectivity index (χ1v) is 6.09. The van der Waals surface area contributed by atoms with Crippen molar-refractivity contribution in [2.75, 3.05) is 6.61 Å². The minimum Gasteiger partial charge on any atom is -0.481 e. The summed E-state index contributed by atoms with van der Waals surface area (Å²) >= 11 is 0. The molecule has 2 atom stereocenters. The van der Waals surface area contributed by atoms with Crippen LogP contribution in [0.25, 0.3) is 0 Å². The summed E-state index contributed by atoms with van der Waals surface area (Å²) in [6, 6.07) is 7.69. The van der Waals surface area contributed by atoms with Crippen molar-refractivity contribution < 1.29 is 14.6 Å². The van der Waals surface area contributed by atoms with Gasteiger partial charge in [0.05, 0.1) is 6.10 Å². The van der Waals surface area contributed by atoms with E-state index in [-0.39, 0.29) is 6.10 Å². The van der Waals surface area contributed by atoms with Crippen LogP contribution in [-0.2, 0) is 9.53 Å². The molecule has 0 aromatic heterocycles. The van der Waals surface area contributed by atoms with Crippen LogP contribution in [0.3, 0.4) is 0 Å². The van der Waals surface area contributed by atoms with Crippen molar-refractivity contribution in [3.05, 3.63) is 35.4 Å². The molecule has 1 saturated heterocycles. The zero-order valence-corrected chi connectivity index (χ0v) is 10.1. The number of aryl methyl sites for hydroxylation is 1. The molecule has 17 heavy (non-hydrogen) atoms. The van der Waals surface area contributed by atoms with E-state index in [4.69, 9.17) is 4.74 Å². The molecule has 0 radical (unpaired) electrons. The number of aliphatic carboxylic acids is 1. The minimum absolute atomic E-state index is 0.177. The van der Waals surface area contributed by atoms with Gasteiger partial charge in [-0.3, -0.25) is 4.79 Å². The molecule has 0 aliphatic carbocycles. The van der Waals surface area contributed by atoms with Gasteiger partial charge in [-0.25, -0.2) is 0 Å². The van der Waals surface area contributed by atoms with Crippen molar-refractivity contribution in [3.8, 4) is 0 Å². The van der Waals surface area contributed by atoms with Gasteiger partial charge in [0.1, 0.15) is 5.92 Å². The smallest absolute Gasteiger partial charge is 0.313 e. The Kier molecular flexibility index (Phi) is 3.79. The molecule has 0 spiro atoms. The van der Waals surface area contributed by atoms with Crippen LogP contribution in [0.4, 0.5) is 0 Å². The summed E-state index contributed by atoms with van der Waals surface area (Å²) in [6.07, 6.45) is 2.76. The second-order valence-electron chi connectivity index (χ2n) is 4.63. The highest BCUT2D eigenvalue weighted by Gasteiger charge is 2.31. The van der Waals surface area contributed by atoms with Gasteiger partial charge in [-0.2, -0.15) is 0 Å². The number of ether oxygens (including phenoxy) is 1. The molecule has 1 fully saturated rings. The summed E-state index contributed by atoms with van der Waals surface area (Å²) in [5, 5.41) is 9.37. The van der Waals surface area contributed by atoms with Gasteiger partial charge in [-0.1, -0.05) is 29.8 Å². The Labute approximate surface area is 101 Å². The van der Waals surface area contributed by atoms with Crippen LogP contribution in [0.1, 0.15) is 36.3 Å². The fraction of sp³-hybridized carbons (Fsp3) is 0.500. The largest absolute Gasteiger partial charge is 0.481 e. The first-order chi connectivity index (χ1) is 8.18. The van der Waals surface area contributed by atoms with Crippen molar-refractivity contribution >= 4 is 5.97 Å². The third-order valence-corrected chi connectivity index (χ3v) is 3.29. The number of benzene rings is 1. The highest BCUT2D eigenvalue weighted by molar-refractivity contribution is 5.77. The van der Waals surface area contributed by atoms with Gasteiger partial charge >= 0.3 is 5.97 Å². The maximum absolute atomic E-state index is 11.4. The molecule has 92 valence electrons. The molecule has 2 unspecified atom stereocenters. The molecule has 1 aromatic carbocycles. The monoisotopic (exact) mass is 234 g/mol. The predicted octanol–water partition coefficient (Wildman–Crippen LogP) is 2.73. The Morgan fingerprint density at radius 1 is 1.35 bits per heavy atom. The van der Waals surface area contributed by atoms with Gasteiger partial charge in [-0.15, -0.1) is 0 Å². The molecule has 3 nitrogen and oxygen atoms in total. The highest BCUT2D eigenvalue weighted by Crippen LogP contribution is 2.28. The zero-order chi connectivity index (χ0) is 12.3. The average molecular weight is 234 g/mol. The van der Waals surface area contributed by atoms with E-state index in [0.29, 0.717) is 6.61 Å². The lowest BCUT2D eigenvalue weighted by Crippen LogP contribution is -2.31. The molecule has 0 saturated carbocycles. The van der Waals surface area contributed by atoms with Gasteiger partial charge in [-0.05, 0) is 31.7 Å². The molecule has 1 aliphatic heterocycles. The summed E-state index contributed by atoms with van der Waals surface area (Å²) in [7, 11) is 0. The van der Waals surface area contributed by atoms with Crippen molar-refractivity contribution in [1.82, 2.24) is 0 Å². The van der Waals surface area contributed by atoms with Crippen molar-refractivity contribution in [1.29, 1.82) is 0 Å². The lowest BCUT2D eigenvalue weighted by atomic mass is 9.89. The van der Waals surface area contributed by atoms with Crippen LogP contribution in [0.5, 0.6) is 0 Å². The third kappa shape index (κ3) is 2.86. The van der Waals surface area contributed by atoms with Gasteiger partial charge in [0.25, 0.3) is 0 Å². The number of hydrogen-bond acceptors (Lipinski definition) is 2. The Bertz CT molecular complexity index is 377. The molecule has 1 aromatic rings. The van der Waals surface area contributed by atoms with Crippen LogP contribution in [-0.4, -0.2) is 23.8 Å². The van der Waals surface area contributed by atoms with Gasteiger partial charge in [0, 0.05) is 6.61 Å². The van der Waals surface area contributed by atoms with E-state index in [9.17, 15) is 9.90 Å². The minimum atomic E-state index is -0.791. The van der Waals surface area contributed by atoms with Crippen molar-refractivity contribution in [3.63, 3.8) is 0 Å². The zero-order valence-electron chi connectivity index (χ0n) is 10.1. The van der Waals surface area contributed by atoms with Gasteiger partial charge in [0.2, 0.25) is 0 Å². The van der Waals surface area contributed by atoms with Crippen LogP contribution >= 0.6 is 0 Å². The summed E-state index contributed by atoms with van der Waals surface area (Å²) in [4.78, 5) is 11.4. The van der Waals surface area contributed by atoms with Crippen LogP contribution in [0.2, 0.25) is 0 Å². The Hall–Kier alpha value is -1.35. The molecule has 2 rings (SSSR count). The summed E-state index contributed by atoms with van der Waals surface area (Å²) in [5.74, 6) is -1.32. The van der Waals surface area contributed by atoms with Gasteiger partial charge in [0.15, 0.2) is 0 Å². The van der Waals surface area contributed by atoms with Crippen molar-refractivity contribution in [2.45, 2.75) is 38.2 Å². The van der Waals surface area contributed by atoms with E-state index in [1.165, 1.54) is 0 Å². The third-order valence-electron chi connectivity index (χ3n) is 3.29. The van der Waals surface area contributed by atoms with E-state index in [1.54, 1.807) is 0 Å². The Balaban J connectivity index is 2.21. The number of carbonyl (C=O) groups is 1. The number of rotatable bonds is 3. The fourth-order valence-corrected chi connectivity index (χ4v) is 2.32. The first kappa shape index (κ1) is 12.1. The molecule has 3 heteroatoms. The maximum atomic E-state index is 11.4.